The molecule has 0 aliphatic carbocycles. The Morgan fingerprint density at radius 3 is 2.53 bits per heavy atom. The van der Waals surface area contributed by atoms with Crippen LogP contribution in [0, 0.1) is 0 Å². The van der Waals surface area contributed by atoms with Crippen molar-refractivity contribution < 1.29 is 4.52 Å². The van der Waals surface area contributed by atoms with Crippen LogP contribution in [0.2, 0.25) is 5.02 Å². The summed E-state index contributed by atoms with van der Waals surface area (Å²) in [5, 5.41) is 4.61. The number of hydrogen-bond donors (Lipinski definition) is 2. The van der Waals surface area contributed by atoms with Crippen LogP contribution >= 0.6 is 11.6 Å². The van der Waals surface area contributed by atoms with E-state index in [0.717, 1.165) is 11.1 Å². The van der Waals surface area contributed by atoms with E-state index in [1.807, 2.05) is 37.3 Å². The van der Waals surface area contributed by atoms with Crippen LogP contribution in [0.3, 0.4) is 0 Å². The van der Waals surface area contributed by atoms with Crippen molar-refractivity contribution in [2.24, 2.45) is 0 Å². The molecule has 0 bridgehead atoms. The number of H-pyrrole nitrogens is 1. The Hall–Kier alpha value is -3.85. The monoisotopic (exact) mass is 452 g/mol. The molecule has 9 nitrogen and oxygen atoms in total. The van der Waals surface area contributed by atoms with Gasteiger partial charge in [0, 0.05) is 17.1 Å². The van der Waals surface area contributed by atoms with Gasteiger partial charge < -0.3 is 15.2 Å². The molecule has 3 N–H and O–H groups in total. The number of anilines is 2. The second kappa shape index (κ2) is 9.11. The maximum Gasteiger partial charge on any atom is 0.330 e. The lowest BCUT2D eigenvalue weighted by Crippen LogP contribution is -2.38. The Balaban J connectivity index is 1.64. The number of hydrogen-bond acceptors (Lipinski definition) is 7. The van der Waals surface area contributed by atoms with Gasteiger partial charge in [-0.15, -0.1) is 0 Å². The highest BCUT2D eigenvalue weighted by Gasteiger charge is 2.20. The molecule has 32 heavy (non-hydrogen) atoms. The Labute approximate surface area is 188 Å². The number of aromatic nitrogens is 4. The van der Waals surface area contributed by atoms with E-state index >= 15 is 0 Å². The molecule has 164 valence electrons. The third-order valence-electron chi connectivity index (χ3n) is 4.99. The average Bonchev–Trinajstić information content (AvgIpc) is 3.25. The lowest BCUT2D eigenvalue weighted by molar-refractivity contribution is 0.377. The molecular formula is C22H21ClN6O3. The number of rotatable bonds is 7. The number of benzene rings is 2. The summed E-state index contributed by atoms with van der Waals surface area (Å²) in [6.07, 6.45) is 0. The van der Waals surface area contributed by atoms with Crippen molar-refractivity contribution in [2.75, 3.05) is 17.2 Å². The van der Waals surface area contributed by atoms with E-state index in [1.54, 1.807) is 29.2 Å². The van der Waals surface area contributed by atoms with E-state index in [-0.39, 0.29) is 24.6 Å². The molecule has 0 unspecified atom stereocenters. The second-order valence-corrected chi connectivity index (χ2v) is 7.53. The predicted octanol–water partition coefficient (Wildman–Crippen LogP) is 2.90. The summed E-state index contributed by atoms with van der Waals surface area (Å²) in [5.41, 5.74) is 6.96. The van der Waals surface area contributed by atoms with Gasteiger partial charge in [-0.2, -0.15) is 4.98 Å². The molecule has 2 aromatic carbocycles. The zero-order valence-electron chi connectivity index (χ0n) is 17.3. The lowest BCUT2D eigenvalue weighted by Gasteiger charge is -2.23. The fraction of sp³-hybridized carbons (Fsp3) is 0.182. The summed E-state index contributed by atoms with van der Waals surface area (Å²) in [6, 6.07) is 16.4. The lowest BCUT2D eigenvalue weighted by atomic mass is 10.2. The Bertz CT molecular complexity index is 1330. The molecule has 0 atom stereocenters. The highest BCUT2D eigenvalue weighted by atomic mass is 35.5. The third-order valence-corrected chi connectivity index (χ3v) is 5.24. The molecule has 4 aromatic rings. The van der Waals surface area contributed by atoms with Crippen molar-refractivity contribution in [2.45, 2.75) is 20.0 Å². The fourth-order valence-corrected chi connectivity index (χ4v) is 3.48. The molecule has 0 spiro atoms. The van der Waals surface area contributed by atoms with Crippen LogP contribution in [0.4, 0.5) is 11.5 Å². The minimum Gasteiger partial charge on any atom is -0.383 e. The Morgan fingerprint density at radius 1 is 1.12 bits per heavy atom. The van der Waals surface area contributed by atoms with Gasteiger partial charge in [0.1, 0.15) is 11.5 Å². The maximum atomic E-state index is 12.6. The molecule has 0 aliphatic heterocycles. The molecule has 2 aromatic heterocycles. The van der Waals surface area contributed by atoms with Gasteiger partial charge in [-0.25, -0.2) is 4.79 Å². The number of aromatic amines is 1. The first-order valence-electron chi connectivity index (χ1n) is 9.96. The molecule has 0 saturated heterocycles. The van der Waals surface area contributed by atoms with Gasteiger partial charge in [-0.3, -0.25) is 14.3 Å². The minimum absolute atomic E-state index is 0.0712. The van der Waals surface area contributed by atoms with Gasteiger partial charge >= 0.3 is 5.69 Å². The van der Waals surface area contributed by atoms with Crippen LogP contribution in [0.25, 0.3) is 11.4 Å². The van der Waals surface area contributed by atoms with E-state index in [2.05, 4.69) is 15.1 Å². The third kappa shape index (κ3) is 4.42. The van der Waals surface area contributed by atoms with Crippen LogP contribution < -0.4 is 21.9 Å². The van der Waals surface area contributed by atoms with Crippen LogP contribution in [0.5, 0.6) is 0 Å². The van der Waals surface area contributed by atoms with Crippen molar-refractivity contribution in [3.8, 4) is 11.4 Å². The molecule has 0 aliphatic rings. The van der Waals surface area contributed by atoms with Crippen molar-refractivity contribution in [1.29, 1.82) is 0 Å². The molecule has 0 radical (unpaired) electrons. The molecule has 0 fully saturated rings. The summed E-state index contributed by atoms with van der Waals surface area (Å²) in [6.45, 7) is 2.67. The van der Waals surface area contributed by atoms with Crippen LogP contribution in [0.15, 0.2) is 68.7 Å². The summed E-state index contributed by atoms with van der Waals surface area (Å²) in [4.78, 5) is 33.5. The molecule has 0 amide bonds. The van der Waals surface area contributed by atoms with Crippen LogP contribution in [-0.2, 0) is 13.1 Å². The highest BCUT2D eigenvalue weighted by Crippen LogP contribution is 2.22. The first-order valence-corrected chi connectivity index (χ1v) is 10.3. The first kappa shape index (κ1) is 21.4. The van der Waals surface area contributed by atoms with Gasteiger partial charge in [0.2, 0.25) is 11.7 Å². The number of halogens is 1. The highest BCUT2D eigenvalue weighted by molar-refractivity contribution is 6.30. The smallest absolute Gasteiger partial charge is 0.330 e. The SMILES string of the molecule is CCN(Cc1nc(-c2ccc(Cl)cc2)no1)c1c(N)n(Cc2ccccc2)c(=O)[nH]c1=O. The number of nitrogen functional groups attached to an aromatic ring is 1. The minimum atomic E-state index is -0.573. The Morgan fingerprint density at radius 2 is 1.84 bits per heavy atom. The summed E-state index contributed by atoms with van der Waals surface area (Å²) < 4.78 is 6.71. The molecule has 10 heteroatoms. The van der Waals surface area contributed by atoms with Gasteiger partial charge in [0.25, 0.3) is 5.56 Å². The van der Waals surface area contributed by atoms with E-state index in [4.69, 9.17) is 21.9 Å². The molecule has 4 rings (SSSR count). The van der Waals surface area contributed by atoms with Crippen LogP contribution in [0.1, 0.15) is 18.4 Å². The summed E-state index contributed by atoms with van der Waals surface area (Å²) >= 11 is 5.92. The van der Waals surface area contributed by atoms with Crippen LogP contribution in [-0.4, -0.2) is 26.2 Å². The van der Waals surface area contributed by atoms with Gasteiger partial charge in [-0.1, -0.05) is 47.1 Å². The predicted molar refractivity (Wildman–Crippen MR) is 123 cm³/mol. The zero-order valence-corrected chi connectivity index (χ0v) is 18.0. The number of nitrogens with zero attached hydrogens (tertiary/aromatic N) is 4. The molecule has 2 heterocycles. The normalized spacial score (nSPS) is 10.9. The van der Waals surface area contributed by atoms with Gasteiger partial charge in [0.15, 0.2) is 0 Å². The first-order chi connectivity index (χ1) is 15.5. The average molecular weight is 453 g/mol. The standard InChI is InChI=1S/C22H21ClN6O3/c1-2-28(13-17-25-20(27-32-17)15-8-10-16(23)11-9-15)18-19(24)29(22(31)26-21(18)30)12-14-6-4-3-5-7-14/h3-11H,2,12-13,24H2,1H3,(H,26,30,31). The maximum absolute atomic E-state index is 12.6. The van der Waals surface area contributed by atoms with Crippen molar-refractivity contribution in [3.05, 3.63) is 91.9 Å². The molecule has 0 saturated carbocycles. The van der Waals surface area contributed by atoms with E-state index in [9.17, 15) is 9.59 Å². The van der Waals surface area contributed by atoms with Crippen molar-refractivity contribution in [1.82, 2.24) is 19.7 Å². The van der Waals surface area contributed by atoms with E-state index in [0.29, 0.717) is 23.3 Å². The van der Waals surface area contributed by atoms with Crippen molar-refractivity contribution >= 4 is 23.1 Å². The zero-order chi connectivity index (χ0) is 22.7. The Kier molecular flexibility index (Phi) is 6.09. The molecular weight excluding hydrogens is 432 g/mol. The van der Waals surface area contributed by atoms with E-state index < -0.39 is 11.2 Å². The van der Waals surface area contributed by atoms with Crippen molar-refractivity contribution in [3.63, 3.8) is 0 Å². The fourth-order valence-electron chi connectivity index (χ4n) is 3.35. The quantitative estimate of drug-likeness (QED) is 0.442. The topological polar surface area (TPSA) is 123 Å². The summed E-state index contributed by atoms with van der Waals surface area (Å²) in [7, 11) is 0. The summed E-state index contributed by atoms with van der Waals surface area (Å²) in [5.74, 6) is 0.780. The largest absolute Gasteiger partial charge is 0.383 e. The second-order valence-electron chi connectivity index (χ2n) is 7.10. The number of nitrogens with one attached hydrogen (secondary N) is 1. The van der Waals surface area contributed by atoms with E-state index in [1.165, 1.54) is 4.57 Å². The van der Waals surface area contributed by atoms with Gasteiger partial charge in [-0.05, 0) is 36.8 Å². The van der Waals surface area contributed by atoms with Gasteiger partial charge in [0.05, 0.1) is 13.1 Å². The number of nitrogens with two attached hydrogens (primary N) is 1.